The Morgan fingerprint density at radius 3 is 3.06 bits per heavy atom. The second-order valence-electron chi connectivity index (χ2n) is 4.21. The van der Waals surface area contributed by atoms with Gasteiger partial charge >= 0.3 is 0 Å². The number of hydrogen-bond donors (Lipinski definition) is 1. The monoisotopic (exact) mass is 327 g/mol. The maximum absolute atomic E-state index is 4.20. The molecule has 0 fully saturated rings. The average Bonchev–Trinajstić information content (AvgIpc) is 2.95. The Morgan fingerprint density at radius 1 is 1.44 bits per heavy atom. The largest absolute Gasteiger partial charge is 0.333 e. The van der Waals surface area contributed by atoms with E-state index < -0.39 is 0 Å². The minimum Gasteiger partial charge on any atom is -0.333 e. The number of thiophene rings is 1. The van der Waals surface area contributed by atoms with Crippen LogP contribution < -0.4 is 5.32 Å². The zero-order chi connectivity index (χ0) is 12.8. The minimum absolute atomic E-state index is 0.895. The first-order chi connectivity index (χ1) is 8.79. The molecule has 2 rings (SSSR count). The van der Waals surface area contributed by atoms with Crippen LogP contribution in [0.2, 0.25) is 0 Å². The highest BCUT2D eigenvalue weighted by atomic mass is 79.9. The quantitative estimate of drug-likeness (QED) is 0.789. The maximum Gasteiger partial charge on any atom is 0.0948 e. The molecular weight excluding hydrogens is 310 g/mol. The topological polar surface area (TPSA) is 29.9 Å². The molecule has 18 heavy (non-hydrogen) atoms. The van der Waals surface area contributed by atoms with Gasteiger partial charge in [-0.2, -0.15) is 0 Å². The summed E-state index contributed by atoms with van der Waals surface area (Å²) in [7, 11) is 0. The minimum atomic E-state index is 0.895. The molecule has 2 heterocycles. The van der Waals surface area contributed by atoms with Crippen molar-refractivity contribution >= 4 is 27.3 Å². The third-order valence-electron chi connectivity index (χ3n) is 2.75. The van der Waals surface area contributed by atoms with Crippen molar-refractivity contribution in [3.05, 3.63) is 39.0 Å². The summed E-state index contributed by atoms with van der Waals surface area (Å²) in [5, 5.41) is 3.47. The van der Waals surface area contributed by atoms with E-state index in [9.17, 15) is 0 Å². The van der Waals surface area contributed by atoms with Gasteiger partial charge in [-0.05, 0) is 40.9 Å². The van der Waals surface area contributed by atoms with E-state index in [4.69, 9.17) is 0 Å². The molecule has 2 aromatic heterocycles. The average molecular weight is 328 g/mol. The highest BCUT2D eigenvalue weighted by Crippen LogP contribution is 2.22. The van der Waals surface area contributed by atoms with Crippen molar-refractivity contribution in [1.29, 1.82) is 0 Å². The zero-order valence-corrected chi connectivity index (χ0v) is 12.9. The highest BCUT2D eigenvalue weighted by molar-refractivity contribution is 9.11. The van der Waals surface area contributed by atoms with Gasteiger partial charge in [0.05, 0.1) is 15.8 Å². The molecule has 0 bridgehead atoms. The summed E-state index contributed by atoms with van der Waals surface area (Å²) in [4.78, 5) is 5.61. The van der Waals surface area contributed by atoms with Crippen LogP contribution in [0.25, 0.3) is 0 Å². The molecule has 5 heteroatoms. The molecule has 98 valence electrons. The van der Waals surface area contributed by atoms with Crippen LogP contribution in [0.5, 0.6) is 0 Å². The SMILES string of the molecule is CCCn1cncc1CNCCc1ccc(Br)s1. The molecule has 0 aliphatic heterocycles. The van der Waals surface area contributed by atoms with Gasteiger partial charge in [-0.15, -0.1) is 11.3 Å². The van der Waals surface area contributed by atoms with Crippen LogP contribution in [0.3, 0.4) is 0 Å². The molecule has 1 N–H and O–H groups in total. The molecule has 0 saturated heterocycles. The van der Waals surface area contributed by atoms with Gasteiger partial charge in [-0.25, -0.2) is 4.98 Å². The fraction of sp³-hybridized carbons (Fsp3) is 0.462. The molecule has 0 unspecified atom stereocenters. The first-order valence-corrected chi connectivity index (χ1v) is 7.84. The number of rotatable bonds is 7. The molecule has 0 saturated carbocycles. The van der Waals surface area contributed by atoms with Gasteiger partial charge in [0.2, 0.25) is 0 Å². The Labute approximate surface area is 120 Å². The van der Waals surface area contributed by atoms with Crippen molar-refractivity contribution in [2.75, 3.05) is 6.54 Å². The van der Waals surface area contributed by atoms with Crippen LogP contribution in [0.15, 0.2) is 28.4 Å². The number of aryl methyl sites for hydroxylation is 1. The van der Waals surface area contributed by atoms with Crippen molar-refractivity contribution in [3.8, 4) is 0 Å². The second-order valence-corrected chi connectivity index (χ2v) is 6.76. The molecule has 2 aromatic rings. The van der Waals surface area contributed by atoms with E-state index >= 15 is 0 Å². The Bertz CT molecular complexity index is 478. The first-order valence-electron chi connectivity index (χ1n) is 6.23. The number of aromatic nitrogens is 2. The van der Waals surface area contributed by atoms with Crippen LogP contribution in [0.4, 0.5) is 0 Å². The molecule has 0 atom stereocenters. The Kier molecular flexibility index (Phi) is 5.41. The molecule has 0 spiro atoms. The molecule has 3 nitrogen and oxygen atoms in total. The summed E-state index contributed by atoms with van der Waals surface area (Å²) < 4.78 is 3.42. The third kappa shape index (κ3) is 3.93. The van der Waals surface area contributed by atoms with E-state index in [0.29, 0.717) is 0 Å². The summed E-state index contributed by atoms with van der Waals surface area (Å²) in [6.07, 6.45) is 6.09. The lowest BCUT2D eigenvalue weighted by atomic mass is 10.3. The third-order valence-corrected chi connectivity index (χ3v) is 4.43. The van der Waals surface area contributed by atoms with Crippen molar-refractivity contribution in [2.45, 2.75) is 32.9 Å². The van der Waals surface area contributed by atoms with Crippen molar-refractivity contribution < 1.29 is 0 Å². The maximum atomic E-state index is 4.20. The van der Waals surface area contributed by atoms with Crippen molar-refractivity contribution in [2.24, 2.45) is 0 Å². The second kappa shape index (κ2) is 7.07. The van der Waals surface area contributed by atoms with Gasteiger partial charge in [-0.3, -0.25) is 0 Å². The predicted molar refractivity (Wildman–Crippen MR) is 79.9 cm³/mol. The van der Waals surface area contributed by atoms with E-state index in [-0.39, 0.29) is 0 Å². The number of halogens is 1. The fourth-order valence-corrected chi connectivity index (χ4v) is 3.33. The van der Waals surface area contributed by atoms with E-state index in [0.717, 1.165) is 32.5 Å². The smallest absolute Gasteiger partial charge is 0.0948 e. The molecule has 0 amide bonds. The molecular formula is C13H18BrN3S. The number of imidazole rings is 1. The molecule has 0 radical (unpaired) electrons. The number of hydrogen-bond acceptors (Lipinski definition) is 3. The van der Waals surface area contributed by atoms with Crippen LogP contribution >= 0.6 is 27.3 Å². The fourth-order valence-electron chi connectivity index (χ4n) is 1.85. The van der Waals surface area contributed by atoms with Crippen LogP contribution in [0.1, 0.15) is 23.9 Å². The molecule has 0 aliphatic rings. The predicted octanol–water partition coefficient (Wildman–Crippen LogP) is 3.45. The van der Waals surface area contributed by atoms with E-state index in [1.54, 1.807) is 11.3 Å². The van der Waals surface area contributed by atoms with Crippen molar-refractivity contribution in [3.63, 3.8) is 0 Å². The van der Waals surface area contributed by atoms with Crippen molar-refractivity contribution in [1.82, 2.24) is 14.9 Å². The van der Waals surface area contributed by atoms with Gasteiger partial charge in [0, 0.05) is 30.7 Å². The summed E-state index contributed by atoms with van der Waals surface area (Å²) >= 11 is 5.29. The summed E-state index contributed by atoms with van der Waals surface area (Å²) in [6.45, 7) is 5.14. The summed E-state index contributed by atoms with van der Waals surface area (Å²) in [6, 6.07) is 4.29. The van der Waals surface area contributed by atoms with Gasteiger partial charge in [-0.1, -0.05) is 6.92 Å². The van der Waals surface area contributed by atoms with E-state index in [1.165, 1.54) is 14.4 Å². The normalized spacial score (nSPS) is 11.0. The summed E-state index contributed by atoms with van der Waals surface area (Å²) in [5.74, 6) is 0. The molecule has 0 aliphatic carbocycles. The molecule has 0 aromatic carbocycles. The van der Waals surface area contributed by atoms with E-state index in [1.807, 2.05) is 12.5 Å². The number of nitrogens with one attached hydrogen (secondary N) is 1. The Morgan fingerprint density at radius 2 is 2.33 bits per heavy atom. The van der Waals surface area contributed by atoms with Crippen LogP contribution in [-0.2, 0) is 19.5 Å². The van der Waals surface area contributed by atoms with Gasteiger partial charge in [0.15, 0.2) is 0 Å². The zero-order valence-electron chi connectivity index (χ0n) is 10.5. The summed E-state index contributed by atoms with van der Waals surface area (Å²) in [5.41, 5.74) is 1.27. The highest BCUT2D eigenvalue weighted by Gasteiger charge is 2.01. The van der Waals surface area contributed by atoms with Gasteiger partial charge in [0.1, 0.15) is 0 Å². The Hall–Kier alpha value is -0.650. The lowest BCUT2D eigenvalue weighted by Crippen LogP contribution is -2.18. The van der Waals surface area contributed by atoms with Crippen LogP contribution in [-0.4, -0.2) is 16.1 Å². The van der Waals surface area contributed by atoms with Gasteiger partial charge in [0.25, 0.3) is 0 Å². The lowest BCUT2D eigenvalue weighted by molar-refractivity contribution is 0.602. The first kappa shape index (κ1) is 13.8. The van der Waals surface area contributed by atoms with Gasteiger partial charge < -0.3 is 9.88 Å². The van der Waals surface area contributed by atoms with E-state index in [2.05, 4.69) is 49.9 Å². The Balaban J connectivity index is 1.73. The lowest BCUT2D eigenvalue weighted by Gasteiger charge is -2.07. The standard InChI is InChI=1S/C13H18BrN3S/c1-2-7-17-10-16-9-11(17)8-15-6-5-12-3-4-13(14)18-12/h3-4,9-10,15H,2,5-8H2,1H3. The number of nitrogens with zero attached hydrogens (tertiary/aromatic N) is 2. The van der Waals surface area contributed by atoms with Crippen LogP contribution in [0, 0.1) is 0 Å².